The second-order valence-electron chi connectivity index (χ2n) is 4.94. The molecule has 2 atom stereocenters. The normalized spacial score (nSPS) is 22.2. The quantitative estimate of drug-likeness (QED) is 0.756. The molecule has 0 fully saturated rings. The molecule has 1 aliphatic rings. The molecule has 0 saturated carbocycles. The van der Waals surface area contributed by atoms with Crippen molar-refractivity contribution in [2.45, 2.75) is 29.5 Å². The molecule has 19 heavy (non-hydrogen) atoms. The van der Waals surface area contributed by atoms with Crippen LogP contribution >= 0.6 is 23.4 Å². The number of para-hydroxylation sites is 1. The van der Waals surface area contributed by atoms with E-state index in [4.69, 9.17) is 11.6 Å². The number of hydrogen-bond donors (Lipinski definition) is 1. The summed E-state index contributed by atoms with van der Waals surface area (Å²) in [6.45, 7) is 2.24. The molecule has 0 aromatic heterocycles. The van der Waals surface area contributed by atoms with E-state index in [1.165, 1.54) is 16.1 Å². The summed E-state index contributed by atoms with van der Waals surface area (Å²) in [5.74, 6) is 0. The van der Waals surface area contributed by atoms with Gasteiger partial charge in [0.2, 0.25) is 0 Å². The highest BCUT2D eigenvalue weighted by molar-refractivity contribution is 7.99. The summed E-state index contributed by atoms with van der Waals surface area (Å²) in [6, 6.07) is 17.2. The highest BCUT2D eigenvalue weighted by atomic mass is 35.5. The fourth-order valence-corrected chi connectivity index (χ4v) is 3.94. The predicted octanol–water partition coefficient (Wildman–Crippen LogP) is 5.38. The third-order valence-electron chi connectivity index (χ3n) is 3.37. The van der Waals surface area contributed by atoms with Crippen molar-refractivity contribution in [3.05, 3.63) is 59.1 Å². The van der Waals surface area contributed by atoms with Crippen LogP contribution in [0.1, 0.15) is 24.2 Å². The Morgan fingerprint density at radius 2 is 1.84 bits per heavy atom. The molecule has 1 heterocycles. The summed E-state index contributed by atoms with van der Waals surface area (Å²) < 4.78 is 0. The summed E-state index contributed by atoms with van der Waals surface area (Å²) >= 11 is 7.91. The summed E-state index contributed by atoms with van der Waals surface area (Å²) in [6.07, 6.45) is 1.11. The van der Waals surface area contributed by atoms with Crippen LogP contribution in [0.15, 0.2) is 53.4 Å². The zero-order valence-electron chi connectivity index (χ0n) is 10.8. The summed E-state index contributed by atoms with van der Waals surface area (Å²) in [5, 5.41) is 4.86. The van der Waals surface area contributed by atoms with E-state index in [2.05, 4.69) is 48.6 Å². The Labute approximate surface area is 123 Å². The van der Waals surface area contributed by atoms with Crippen LogP contribution in [0.2, 0.25) is 5.02 Å². The van der Waals surface area contributed by atoms with Crippen molar-refractivity contribution in [2.75, 3.05) is 5.32 Å². The average Bonchev–Trinajstić information content (AvgIpc) is 2.57. The fourth-order valence-electron chi connectivity index (χ4n) is 2.42. The lowest BCUT2D eigenvalue weighted by Crippen LogP contribution is -2.15. The highest BCUT2D eigenvalue weighted by Gasteiger charge is 2.22. The van der Waals surface area contributed by atoms with Crippen LogP contribution in [0.4, 0.5) is 5.69 Å². The number of benzene rings is 2. The minimum absolute atomic E-state index is 0.469. The Balaban J connectivity index is 1.93. The van der Waals surface area contributed by atoms with Gasteiger partial charge in [-0.1, -0.05) is 35.9 Å². The molecule has 1 N–H and O–H groups in total. The van der Waals surface area contributed by atoms with Crippen LogP contribution in [0.3, 0.4) is 0 Å². The topological polar surface area (TPSA) is 12.0 Å². The third kappa shape index (κ3) is 2.90. The van der Waals surface area contributed by atoms with Crippen molar-refractivity contribution in [3.8, 4) is 0 Å². The number of fused-ring (bicyclic) bond motifs is 1. The molecule has 0 saturated heterocycles. The molecule has 1 aliphatic heterocycles. The van der Waals surface area contributed by atoms with Crippen LogP contribution in [-0.4, -0.2) is 6.04 Å². The minimum atomic E-state index is 0.469. The third-order valence-corrected chi connectivity index (χ3v) is 4.98. The molecular formula is C16H16ClNS. The van der Waals surface area contributed by atoms with E-state index in [-0.39, 0.29) is 0 Å². The van der Waals surface area contributed by atoms with Crippen LogP contribution in [0.5, 0.6) is 0 Å². The first-order chi connectivity index (χ1) is 9.22. The van der Waals surface area contributed by atoms with E-state index in [1.54, 1.807) is 0 Å². The van der Waals surface area contributed by atoms with Gasteiger partial charge in [0.15, 0.2) is 0 Å². The van der Waals surface area contributed by atoms with Crippen molar-refractivity contribution >= 4 is 29.1 Å². The van der Waals surface area contributed by atoms with Gasteiger partial charge in [-0.3, -0.25) is 0 Å². The number of anilines is 1. The van der Waals surface area contributed by atoms with Crippen molar-refractivity contribution in [1.29, 1.82) is 0 Å². The Morgan fingerprint density at radius 3 is 2.63 bits per heavy atom. The van der Waals surface area contributed by atoms with E-state index in [0.29, 0.717) is 11.3 Å². The number of hydrogen-bond acceptors (Lipinski definition) is 2. The highest BCUT2D eigenvalue weighted by Crippen LogP contribution is 2.44. The molecule has 1 nitrogen and oxygen atoms in total. The molecule has 0 radical (unpaired) electrons. The van der Waals surface area contributed by atoms with Crippen LogP contribution < -0.4 is 5.32 Å². The fraction of sp³-hybridized carbons (Fsp3) is 0.250. The van der Waals surface area contributed by atoms with E-state index >= 15 is 0 Å². The smallest absolute Gasteiger partial charge is 0.0480 e. The molecule has 2 aromatic carbocycles. The molecule has 0 spiro atoms. The van der Waals surface area contributed by atoms with Gasteiger partial charge in [0.05, 0.1) is 0 Å². The molecular weight excluding hydrogens is 274 g/mol. The Bertz CT molecular complexity index is 567. The second-order valence-corrected chi connectivity index (χ2v) is 6.62. The SMILES string of the molecule is C[C@H]1C[C@H](c2ccc(Cl)cc2)Sc2ccccc2N1. The number of rotatable bonds is 1. The Kier molecular flexibility index (Phi) is 3.72. The zero-order chi connectivity index (χ0) is 13.2. The number of thioether (sulfide) groups is 1. The van der Waals surface area contributed by atoms with E-state index < -0.39 is 0 Å². The van der Waals surface area contributed by atoms with Gasteiger partial charge < -0.3 is 5.32 Å². The minimum Gasteiger partial charge on any atom is -0.382 e. The van der Waals surface area contributed by atoms with E-state index in [0.717, 1.165) is 11.4 Å². The summed E-state index contributed by atoms with van der Waals surface area (Å²) in [4.78, 5) is 1.33. The van der Waals surface area contributed by atoms with Gasteiger partial charge in [-0.15, -0.1) is 11.8 Å². The molecule has 0 unspecified atom stereocenters. The maximum absolute atomic E-state index is 5.97. The van der Waals surface area contributed by atoms with Gasteiger partial charge in [-0.25, -0.2) is 0 Å². The molecule has 3 rings (SSSR count). The monoisotopic (exact) mass is 289 g/mol. The van der Waals surface area contributed by atoms with Crippen molar-refractivity contribution < 1.29 is 0 Å². The van der Waals surface area contributed by atoms with Gasteiger partial charge in [-0.05, 0) is 43.2 Å². The van der Waals surface area contributed by atoms with Gasteiger partial charge in [0.1, 0.15) is 0 Å². The lowest BCUT2D eigenvalue weighted by molar-refractivity contribution is 0.700. The molecule has 0 bridgehead atoms. The van der Waals surface area contributed by atoms with Crippen LogP contribution in [0, 0.1) is 0 Å². The average molecular weight is 290 g/mol. The molecule has 0 amide bonds. The molecule has 98 valence electrons. The molecule has 2 aromatic rings. The van der Waals surface area contributed by atoms with Crippen molar-refractivity contribution in [1.82, 2.24) is 0 Å². The molecule has 0 aliphatic carbocycles. The maximum atomic E-state index is 5.97. The Morgan fingerprint density at radius 1 is 1.11 bits per heavy atom. The second kappa shape index (κ2) is 5.48. The van der Waals surface area contributed by atoms with Crippen LogP contribution in [-0.2, 0) is 0 Å². The van der Waals surface area contributed by atoms with Gasteiger partial charge >= 0.3 is 0 Å². The first-order valence-electron chi connectivity index (χ1n) is 6.50. The lowest BCUT2D eigenvalue weighted by Gasteiger charge is -2.17. The Hall–Kier alpha value is -1.12. The zero-order valence-corrected chi connectivity index (χ0v) is 12.3. The maximum Gasteiger partial charge on any atom is 0.0480 e. The molecule has 3 heteroatoms. The number of nitrogens with one attached hydrogen (secondary N) is 1. The summed E-state index contributed by atoms with van der Waals surface area (Å²) in [5.41, 5.74) is 2.59. The van der Waals surface area contributed by atoms with Gasteiger partial charge in [-0.2, -0.15) is 0 Å². The largest absolute Gasteiger partial charge is 0.382 e. The van der Waals surface area contributed by atoms with Gasteiger partial charge in [0, 0.05) is 26.9 Å². The predicted molar refractivity (Wildman–Crippen MR) is 84.2 cm³/mol. The van der Waals surface area contributed by atoms with E-state index in [9.17, 15) is 0 Å². The van der Waals surface area contributed by atoms with Crippen LogP contribution in [0.25, 0.3) is 0 Å². The number of halogens is 1. The summed E-state index contributed by atoms with van der Waals surface area (Å²) in [7, 11) is 0. The van der Waals surface area contributed by atoms with Crippen molar-refractivity contribution in [3.63, 3.8) is 0 Å². The standard InChI is InChI=1S/C16H16ClNS/c1-11-10-16(12-6-8-13(17)9-7-12)19-15-5-3-2-4-14(15)18-11/h2-9,11,16,18H,10H2,1H3/t11-,16+/m0/s1. The lowest BCUT2D eigenvalue weighted by atomic mass is 10.1. The first kappa shape index (κ1) is 12.9. The van der Waals surface area contributed by atoms with Gasteiger partial charge in [0.25, 0.3) is 0 Å². The van der Waals surface area contributed by atoms with E-state index in [1.807, 2.05) is 23.9 Å². The first-order valence-corrected chi connectivity index (χ1v) is 7.76. The van der Waals surface area contributed by atoms with Crippen molar-refractivity contribution in [2.24, 2.45) is 0 Å².